The van der Waals surface area contributed by atoms with Gasteiger partial charge in [0.1, 0.15) is 0 Å². The van der Waals surface area contributed by atoms with Crippen LogP contribution in [0.5, 0.6) is 0 Å². The number of fused-ring (bicyclic) bond motifs is 1. The molecule has 2 heterocycles. The summed E-state index contributed by atoms with van der Waals surface area (Å²) in [5, 5.41) is 12.1. The third-order valence-electron chi connectivity index (χ3n) is 3.85. The first-order valence-electron chi connectivity index (χ1n) is 8.14. The largest absolute Gasteiger partial charge is 0.337 e. The van der Waals surface area contributed by atoms with E-state index in [2.05, 4.69) is 25.2 Å². The average Bonchev–Trinajstić information content (AvgIpc) is 2.70. The summed E-state index contributed by atoms with van der Waals surface area (Å²) in [5.74, 6) is 0.622. The predicted octanol–water partition coefficient (Wildman–Crippen LogP) is 3.57. The fraction of sp³-hybridized carbons (Fsp3) is 0. The van der Waals surface area contributed by atoms with E-state index in [0.29, 0.717) is 5.82 Å². The van der Waals surface area contributed by atoms with Gasteiger partial charge < -0.3 is 5.32 Å². The van der Waals surface area contributed by atoms with Gasteiger partial charge in [0.2, 0.25) is 0 Å². The zero-order chi connectivity index (χ0) is 18.7. The fourth-order valence-corrected chi connectivity index (χ4v) is 3.61. The van der Waals surface area contributed by atoms with Crippen LogP contribution in [-0.2, 0) is 10.0 Å². The molecule has 0 aliphatic rings. The minimum atomic E-state index is -3.70. The Kier molecular flexibility index (Phi) is 4.39. The second kappa shape index (κ2) is 7.00. The van der Waals surface area contributed by atoms with Gasteiger partial charge in [-0.05, 0) is 36.4 Å². The topological polar surface area (TPSA) is 96.9 Å². The highest BCUT2D eigenvalue weighted by molar-refractivity contribution is 7.92. The molecule has 2 N–H and O–H groups in total. The summed E-state index contributed by atoms with van der Waals surface area (Å²) in [5.41, 5.74) is 1.61. The number of pyridine rings is 1. The maximum Gasteiger partial charge on any atom is 0.263 e. The first-order chi connectivity index (χ1) is 13.1. The highest BCUT2D eigenvalue weighted by Crippen LogP contribution is 2.24. The lowest BCUT2D eigenvalue weighted by atomic mass is 10.2. The zero-order valence-corrected chi connectivity index (χ0v) is 14.9. The molecule has 0 atom stereocenters. The number of para-hydroxylation sites is 1. The summed E-state index contributed by atoms with van der Waals surface area (Å²) in [6.07, 6.45) is 1.72. The van der Waals surface area contributed by atoms with E-state index < -0.39 is 10.0 Å². The van der Waals surface area contributed by atoms with E-state index >= 15 is 0 Å². The second-order valence-electron chi connectivity index (χ2n) is 5.73. The molecule has 0 radical (unpaired) electrons. The highest BCUT2D eigenvalue weighted by Gasteiger charge is 2.14. The summed E-state index contributed by atoms with van der Waals surface area (Å²) >= 11 is 0. The molecular weight excluding hydrogens is 362 g/mol. The molecule has 0 unspecified atom stereocenters. The van der Waals surface area contributed by atoms with Gasteiger partial charge in [0.15, 0.2) is 11.6 Å². The molecular formula is C19H15N5O2S. The lowest BCUT2D eigenvalue weighted by Gasteiger charge is -2.09. The standard InChI is InChI=1S/C19H15N5O2S/c25-27(26,15-8-2-1-3-9-15)24-18-12-11-17(22-23-18)21-16-10-4-6-14-7-5-13-20-19(14)16/h1-13H,(H,21,22)(H,23,24). The Morgan fingerprint density at radius 3 is 2.26 bits per heavy atom. The molecule has 8 heteroatoms. The maximum atomic E-state index is 12.3. The van der Waals surface area contributed by atoms with Crippen molar-refractivity contribution in [3.8, 4) is 0 Å². The number of rotatable bonds is 5. The van der Waals surface area contributed by atoms with Gasteiger partial charge in [-0.15, -0.1) is 10.2 Å². The van der Waals surface area contributed by atoms with Crippen molar-refractivity contribution in [3.63, 3.8) is 0 Å². The van der Waals surface area contributed by atoms with Crippen molar-refractivity contribution in [2.75, 3.05) is 10.0 Å². The van der Waals surface area contributed by atoms with Crippen molar-refractivity contribution in [3.05, 3.63) is 79.0 Å². The Labute approximate surface area is 156 Å². The molecule has 27 heavy (non-hydrogen) atoms. The van der Waals surface area contributed by atoms with Crippen LogP contribution >= 0.6 is 0 Å². The number of nitrogens with one attached hydrogen (secondary N) is 2. The van der Waals surface area contributed by atoms with Gasteiger partial charge in [-0.3, -0.25) is 9.71 Å². The molecule has 0 aliphatic carbocycles. The third kappa shape index (κ3) is 3.70. The monoisotopic (exact) mass is 377 g/mol. The van der Waals surface area contributed by atoms with Gasteiger partial charge >= 0.3 is 0 Å². The predicted molar refractivity (Wildman–Crippen MR) is 104 cm³/mol. The van der Waals surface area contributed by atoms with Crippen molar-refractivity contribution in [2.45, 2.75) is 4.90 Å². The Morgan fingerprint density at radius 1 is 0.741 bits per heavy atom. The minimum absolute atomic E-state index is 0.139. The third-order valence-corrected chi connectivity index (χ3v) is 5.22. The molecule has 0 saturated carbocycles. The van der Waals surface area contributed by atoms with Crippen LogP contribution in [0.2, 0.25) is 0 Å². The molecule has 134 valence electrons. The van der Waals surface area contributed by atoms with E-state index in [1.54, 1.807) is 36.5 Å². The molecule has 0 fully saturated rings. The van der Waals surface area contributed by atoms with Gasteiger partial charge in [0.05, 0.1) is 16.1 Å². The first kappa shape index (κ1) is 16.9. The number of nitrogens with zero attached hydrogens (tertiary/aromatic N) is 3. The normalized spacial score (nSPS) is 11.3. The van der Waals surface area contributed by atoms with E-state index in [0.717, 1.165) is 16.6 Å². The molecule has 0 spiro atoms. The van der Waals surface area contributed by atoms with Crippen molar-refractivity contribution in [1.82, 2.24) is 15.2 Å². The summed E-state index contributed by atoms with van der Waals surface area (Å²) in [6.45, 7) is 0. The summed E-state index contributed by atoms with van der Waals surface area (Å²) in [6, 6.07) is 20.9. The molecule has 4 rings (SSSR count). The number of hydrogen-bond donors (Lipinski definition) is 2. The van der Waals surface area contributed by atoms with Gasteiger partial charge in [0.25, 0.3) is 10.0 Å². The van der Waals surface area contributed by atoms with Crippen LogP contribution in [0, 0.1) is 0 Å². The van der Waals surface area contributed by atoms with Gasteiger partial charge in [0, 0.05) is 11.6 Å². The number of sulfonamides is 1. The van der Waals surface area contributed by atoms with Crippen molar-refractivity contribution >= 4 is 38.2 Å². The van der Waals surface area contributed by atoms with Gasteiger partial charge in [-0.25, -0.2) is 8.42 Å². The number of hydrogen-bond acceptors (Lipinski definition) is 6. The molecule has 4 aromatic rings. The van der Waals surface area contributed by atoms with E-state index in [1.165, 1.54) is 12.1 Å². The van der Waals surface area contributed by atoms with Crippen LogP contribution in [0.3, 0.4) is 0 Å². The van der Waals surface area contributed by atoms with Crippen LogP contribution in [0.25, 0.3) is 10.9 Å². The van der Waals surface area contributed by atoms with Crippen molar-refractivity contribution in [2.24, 2.45) is 0 Å². The number of anilines is 3. The maximum absolute atomic E-state index is 12.3. The van der Waals surface area contributed by atoms with Crippen LogP contribution in [0.4, 0.5) is 17.3 Å². The van der Waals surface area contributed by atoms with Crippen LogP contribution in [0.15, 0.2) is 83.9 Å². The average molecular weight is 377 g/mol. The van der Waals surface area contributed by atoms with E-state index in [-0.39, 0.29) is 10.7 Å². The second-order valence-corrected chi connectivity index (χ2v) is 7.41. The SMILES string of the molecule is O=S(=O)(Nc1ccc(Nc2cccc3cccnc23)nn1)c1ccccc1. The molecule has 0 bridgehead atoms. The molecule has 0 saturated heterocycles. The molecule has 7 nitrogen and oxygen atoms in total. The van der Waals surface area contributed by atoms with E-state index in [4.69, 9.17) is 0 Å². The quantitative estimate of drug-likeness (QED) is 0.552. The lowest BCUT2D eigenvalue weighted by Crippen LogP contribution is -2.14. The summed E-state index contributed by atoms with van der Waals surface area (Å²) < 4.78 is 27.1. The highest BCUT2D eigenvalue weighted by atomic mass is 32.2. The summed E-state index contributed by atoms with van der Waals surface area (Å²) in [4.78, 5) is 4.54. The fourth-order valence-electron chi connectivity index (χ4n) is 2.59. The Bertz CT molecular complexity index is 1170. The molecule has 0 aliphatic heterocycles. The zero-order valence-electron chi connectivity index (χ0n) is 14.1. The smallest absolute Gasteiger partial charge is 0.263 e. The van der Waals surface area contributed by atoms with Crippen molar-refractivity contribution in [1.29, 1.82) is 0 Å². The Morgan fingerprint density at radius 2 is 1.48 bits per heavy atom. The minimum Gasteiger partial charge on any atom is -0.337 e. The Balaban J connectivity index is 1.54. The van der Waals surface area contributed by atoms with Crippen LogP contribution in [0.1, 0.15) is 0 Å². The van der Waals surface area contributed by atoms with Crippen molar-refractivity contribution < 1.29 is 8.42 Å². The molecule has 2 aromatic heterocycles. The van der Waals surface area contributed by atoms with Gasteiger partial charge in [-0.1, -0.05) is 36.4 Å². The number of aromatic nitrogens is 3. The van der Waals surface area contributed by atoms with Gasteiger partial charge in [-0.2, -0.15) is 0 Å². The van der Waals surface area contributed by atoms with E-state index in [1.807, 2.05) is 30.3 Å². The molecule has 0 amide bonds. The van der Waals surface area contributed by atoms with Crippen LogP contribution in [-0.4, -0.2) is 23.6 Å². The lowest BCUT2D eigenvalue weighted by molar-refractivity contribution is 0.601. The number of benzene rings is 2. The van der Waals surface area contributed by atoms with E-state index in [9.17, 15) is 8.42 Å². The summed E-state index contributed by atoms with van der Waals surface area (Å²) in [7, 11) is -3.70. The Hall–Kier alpha value is -3.52. The molecule has 2 aromatic carbocycles. The van der Waals surface area contributed by atoms with Crippen LogP contribution < -0.4 is 10.0 Å². The first-order valence-corrected chi connectivity index (χ1v) is 9.62.